The summed E-state index contributed by atoms with van der Waals surface area (Å²) >= 11 is 0. The van der Waals surface area contributed by atoms with E-state index >= 15 is 0 Å². The summed E-state index contributed by atoms with van der Waals surface area (Å²) in [4.78, 5) is 28.6. The van der Waals surface area contributed by atoms with Crippen molar-refractivity contribution >= 4 is 17.5 Å². The molecular weight excluding hydrogens is 310 g/mol. The van der Waals surface area contributed by atoms with Crippen molar-refractivity contribution in [2.24, 2.45) is 0 Å². The SMILES string of the molecule is C=C(C)CN1C(=O)C(c2ccccc2)Oc2ccc([N+](=O)[O-])nc21. The van der Waals surface area contributed by atoms with E-state index in [4.69, 9.17) is 4.74 Å². The highest BCUT2D eigenvalue weighted by atomic mass is 16.6. The van der Waals surface area contributed by atoms with Gasteiger partial charge in [0, 0.05) is 11.6 Å². The normalized spacial score (nSPS) is 16.3. The Morgan fingerprint density at radius 2 is 2.04 bits per heavy atom. The van der Waals surface area contributed by atoms with Crippen LogP contribution >= 0.6 is 0 Å². The molecule has 1 aliphatic heterocycles. The Morgan fingerprint density at radius 1 is 1.33 bits per heavy atom. The first kappa shape index (κ1) is 15.7. The predicted molar refractivity (Wildman–Crippen MR) is 87.9 cm³/mol. The fraction of sp³-hybridized carbons (Fsp3) is 0.176. The zero-order chi connectivity index (χ0) is 17.3. The van der Waals surface area contributed by atoms with Gasteiger partial charge in [0.1, 0.15) is 0 Å². The number of benzene rings is 1. The molecule has 2 heterocycles. The third-order valence-electron chi connectivity index (χ3n) is 3.53. The second kappa shape index (κ2) is 6.11. The highest BCUT2D eigenvalue weighted by Gasteiger charge is 2.39. The van der Waals surface area contributed by atoms with Crippen LogP contribution in [0.15, 0.2) is 54.6 Å². The highest BCUT2D eigenvalue weighted by Crippen LogP contribution is 2.38. The lowest BCUT2D eigenvalue weighted by Crippen LogP contribution is -2.42. The Morgan fingerprint density at radius 3 is 2.67 bits per heavy atom. The lowest BCUT2D eigenvalue weighted by atomic mass is 10.1. The van der Waals surface area contributed by atoms with E-state index in [1.54, 1.807) is 19.1 Å². The third kappa shape index (κ3) is 2.83. The number of pyridine rings is 1. The number of rotatable bonds is 4. The molecule has 1 aromatic heterocycles. The van der Waals surface area contributed by atoms with Gasteiger partial charge < -0.3 is 14.9 Å². The molecule has 1 amide bonds. The molecule has 0 aliphatic carbocycles. The van der Waals surface area contributed by atoms with Crippen LogP contribution in [0.5, 0.6) is 5.75 Å². The van der Waals surface area contributed by atoms with Crippen LogP contribution in [0.25, 0.3) is 0 Å². The minimum atomic E-state index is -0.818. The van der Waals surface area contributed by atoms with E-state index in [1.807, 2.05) is 18.2 Å². The van der Waals surface area contributed by atoms with Crippen molar-refractivity contribution in [3.63, 3.8) is 0 Å². The molecule has 24 heavy (non-hydrogen) atoms. The van der Waals surface area contributed by atoms with Crippen LogP contribution in [0.3, 0.4) is 0 Å². The number of nitro groups is 1. The smallest absolute Gasteiger partial charge is 0.366 e. The quantitative estimate of drug-likeness (QED) is 0.490. The van der Waals surface area contributed by atoms with Crippen LogP contribution in [0.1, 0.15) is 18.6 Å². The van der Waals surface area contributed by atoms with Crippen molar-refractivity contribution in [3.8, 4) is 5.75 Å². The molecule has 7 heteroatoms. The van der Waals surface area contributed by atoms with E-state index in [2.05, 4.69) is 11.6 Å². The molecule has 1 atom stereocenters. The topological polar surface area (TPSA) is 85.6 Å². The van der Waals surface area contributed by atoms with Crippen LogP contribution in [-0.4, -0.2) is 22.4 Å². The molecule has 1 aromatic carbocycles. The minimum Gasteiger partial charge on any atom is -0.469 e. The van der Waals surface area contributed by atoms with Crippen molar-refractivity contribution < 1.29 is 14.5 Å². The molecule has 1 aliphatic rings. The lowest BCUT2D eigenvalue weighted by Gasteiger charge is -2.31. The van der Waals surface area contributed by atoms with Gasteiger partial charge >= 0.3 is 5.82 Å². The van der Waals surface area contributed by atoms with Gasteiger partial charge in [0.05, 0.1) is 6.54 Å². The summed E-state index contributed by atoms with van der Waals surface area (Å²) in [6.07, 6.45) is -0.818. The molecule has 0 saturated heterocycles. The Hall–Kier alpha value is -3.22. The molecule has 0 fully saturated rings. The first-order valence-electron chi connectivity index (χ1n) is 7.30. The first-order chi connectivity index (χ1) is 11.5. The number of anilines is 1. The molecule has 0 N–H and O–H groups in total. The number of nitrogens with zero attached hydrogens (tertiary/aromatic N) is 3. The summed E-state index contributed by atoms with van der Waals surface area (Å²) in [6, 6.07) is 11.8. The second-order valence-electron chi connectivity index (χ2n) is 5.54. The zero-order valence-electron chi connectivity index (χ0n) is 13.0. The molecule has 1 unspecified atom stereocenters. The van der Waals surface area contributed by atoms with Gasteiger partial charge in [-0.15, -0.1) is 0 Å². The van der Waals surface area contributed by atoms with Gasteiger partial charge in [-0.3, -0.25) is 9.69 Å². The number of hydrogen-bond donors (Lipinski definition) is 0. The Balaban J connectivity index is 2.08. The second-order valence-corrected chi connectivity index (χ2v) is 5.54. The summed E-state index contributed by atoms with van der Waals surface area (Å²) in [6.45, 7) is 5.81. The maximum atomic E-state index is 12.9. The molecule has 0 saturated carbocycles. The molecule has 0 radical (unpaired) electrons. The van der Waals surface area contributed by atoms with Gasteiger partial charge in [0.25, 0.3) is 11.7 Å². The highest BCUT2D eigenvalue weighted by molar-refractivity contribution is 6.00. The molecular formula is C17H15N3O4. The number of carbonyl (C=O) groups is 1. The number of hydrogen-bond acceptors (Lipinski definition) is 5. The van der Waals surface area contributed by atoms with Crippen LogP contribution in [0.4, 0.5) is 11.6 Å². The number of aromatic nitrogens is 1. The van der Waals surface area contributed by atoms with Gasteiger partial charge in [-0.2, -0.15) is 0 Å². The van der Waals surface area contributed by atoms with E-state index in [0.29, 0.717) is 11.3 Å². The molecule has 3 rings (SSSR count). The number of carbonyl (C=O) groups excluding carboxylic acids is 1. The Bertz CT molecular complexity index is 820. The molecule has 7 nitrogen and oxygen atoms in total. The summed E-state index contributed by atoms with van der Waals surface area (Å²) in [5.74, 6) is -0.195. The third-order valence-corrected chi connectivity index (χ3v) is 3.53. The monoisotopic (exact) mass is 325 g/mol. The average Bonchev–Trinajstić information content (AvgIpc) is 2.57. The number of amides is 1. The Kier molecular flexibility index (Phi) is 3.99. The van der Waals surface area contributed by atoms with Gasteiger partial charge in [-0.25, -0.2) is 0 Å². The summed E-state index contributed by atoms with van der Waals surface area (Å²) < 4.78 is 5.77. The number of fused-ring (bicyclic) bond motifs is 1. The van der Waals surface area contributed by atoms with E-state index < -0.39 is 11.0 Å². The zero-order valence-corrected chi connectivity index (χ0v) is 13.0. The van der Waals surface area contributed by atoms with Crippen LogP contribution in [0, 0.1) is 10.1 Å². The molecule has 2 aromatic rings. The van der Waals surface area contributed by atoms with Crippen LogP contribution in [0.2, 0.25) is 0 Å². The minimum absolute atomic E-state index is 0.143. The van der Waals surface area contributed by atoms with E-state index in [-0.39, 0.29) is 24.1 Å². The van der Waals surface area contributed by atoms with Crippen molar-refractivity contribution in [3.05, 3.63) is 70.3 Å². The maximum absolute atomic E-state index is 12.9. The predicted octanol–water partition coefficient (Wildman–Crippen LogP) is 3.03. The van der Waals surface area contributed by atoms with Crippen molar-refractivity contribution in [2.75, 3.05) is 11.4 Å². The Labute approximate surface area is 138 Å². The number of ether oxygens (including phenoxy) is 1. The molecule has 0 bridgehead atoms. The maximum Gasteiger partial charge on any atom is 0.366 e. The van der Waals surface area contributed by atoms with Crippen LogP contribution in [-0.2, 0) is 4.79 Å². The first-order valence-corrected chi connectivity index (χ1v) is 7.30. The van der Waals surface area contributed by atoms with E-state index in [9.17, 15) is 14.9 Å². The largest absolute Gasteiger partial charge is 0.469 e. The van der Waals surface area contributed by atoms with E-state index in [0.717, 1.165) is 5.57 Å². The van der Waals surface area contributed by atoms with Crippen molar-refractivity contribution in [1.82, 2.24) is 4.98 Å². The van der Waals surface area contributed by atoms with Gasteiger partial charge in [0.15, 0.2) is 5.75 Å². The van der Waals surface area contributed by atoms with Crippen molar-refractivity contribution in [2.45, 2.75) is 13.0 Å². The van der Waals surface area contributed by atoms with Gasteiger partial charge in [-0.1, -0.05) is 42.5 Å². The summed E-state index contributed by atoms with van der Waals surface area (Å²) in [5, 5.41) is 11.0. The molecule has 122 valence electrons. The van der Waals surface area contributed by atoms with Gasteiger partial charge in [-0.05, 0) is 22.9 Å². The molecule has 0 spiro atoms. The summed E-state index contributed by atoms with van der Waals surface area (Å²) in [5.41, 5.74) is 1.44. The lowest BCUT2D eigenvalue weighted by molar-refractivity contribution is -0.389. The fourth-order valence-corrected chi connectivity index (χ4v) is 2.50. The van der Waals surface area contributed by atoms with Crippen molar-refractivity contribution in [1.29, 1.82) is 0 Å². The standard InChI is InChI=1S/C17H15N3O4/c1-11(2)10-19-16-13(8-9-14(18-16)20(22)23)24-15(17(19)21)12-6-4-3-5-7-12/h3-9,15H,1,10H2,2H3. The van der Waals surface area contributed by atoms with Crippen LogP contribution < -0.4 is 9.64 Å². The summed E-state index contributed by atoms with van der Waals surface area (Å²) in [7, 11) is 0. The van der Waals surface area contributed by atoms with Gasteiger partial charge in [0.2, 0.25) is 6.10 Å². The fourth-order valence-electron chi connectivity index (χ4n) is 2.50. The van der Waals surface area contributed by atoms with E-state index in [1.165, 1.54) is 17.0 Å². The average molecular weight is 325 g/mol.